The second-order valence-corrected chi connectivity index (χ2v) is 4.82. The lowest BCUT2D eigenvalue weighted by molar-refractivity contribution is 0.395. The molecule has 2 fully saturated rings. The van der Waals surface area contributed by atoms with E-state index in [2.05, 4.69) is 6.92 Å². The Morgan fingerprint density at radius 2 is 2.00 bits per heavy atom. The molecule has 2 rings (SSSR count). The summed E-state index contributed by atoms with van der Waals surface area (Å²) in [4.78, 5) is 0. The Hall–Kier alpha value is -0.0400. The summed E-state index contributed by atoms with van der Waals surface area (Å²) in [5.41, 5.74) is 5.67. The molecule has 3 atom stereocenters. The fourth-order valence-electron chi connectivity index (χ4n) is 2.99. The van der Waals surface area contributed by atoms with Crippen molar-refractivity contribution in [3.63, 3.8) is 0 Å². The Labute approximate surface area is 75.7 Å². The summed E-state index contributed by atoms with van der Waals surface area (Å²) >= 11 is 0. The topological polar surface area (TPSA) is 26.0 Å². The third-order valence-corrected chi connectivity index (χ3v) is 4.00. The average molecular weight is 167 g/mol. The minimum atomic E-state index is 0.788. The largest absolute Gasteiger partial charge is 0.330 e. The lowest BCUT2D eigenvalue weighted by atomic mass is 9.96. The van der Waals surface area contributed by atoms with Crippen molar-refractivity contribution >= 4 is 0 Å². The molecule has 2 aliphatic carbocycles. The SMILES string of the molecule is CC(CN)C1CC1C1CCCC1. The van der Waals surface area contributed by atoms with Crippen LogP contribution in [0, 0.1) is 23.7 Å². The van der Waals surface area contributed by atoms with Gasteiger partial charge in [0.2, 0.25) is 0 Å². The van der Waals surface area contributed by atoms with Gasteiger partial charge < -0.3 is 5.73 Å². The average Bonchev–Trinajstić information content (AvgIpc) is 2.71. The van der Waals surface area contributed by atoms with Crippen molar-refractivity contribution in [2.75, 3.05) is 6.54 Å². The Bertz CT molecular complexity index is 149. The van der Waals surface area contributed by atoms with Gasteiger partial charge >= 0.3 is 0 Å². The highest BCUT2D eigenvalue weighted by atomic mass is 14.6. The number of nitrogens with two attached hydrogens (primary N) is 1. The van der Waals surface area contributed by atoms with Crippen molar-refractivity contribution < 1.29 is 0 Å². The van der Waals surface area contributed by atoms with Crippen molar-refractivity contribution in [1.29, 1.82) is 0 Å². The lowest BCUT2D eigenvalue weighted by Crippen LogP contribution is -2.14. The van der Waals surface area contributed by atoms with Crippen LogP contribution in [0.2, 0.25) is 0 Å². The van der Waals surface area contributed by atoms with Crippen LogP contribution < -0.4 is 5.73 Å². The molecular formula is C11H21N. The normalized spacial score (nSPS) is 38.5. The van der Waals surface area contributed by atoms with Crippen LogP contribution in [0.5, 0.6) is 0 Å². The molecule has 0 bridgehead atoms. The summed E-state index contributed by atoms with van der Waals surface area (Å²) in [5.74, 6) is 3.95. The van der Waals surface area contributed by atoms with Crippen molar-refractivity contribution in [3.05, 3.63) is 0 Å². The highest BCUT2D eigenvalue weighted by molar-refractivity contribution is 4.95. The van der Waals surface area contributed by atoms with Crippen LogP contribution >= 0.6 is 0 Å². The van der Waals surface area contributed by atoms with Gasteiger partial charge in [-0.3, -0.25) is 0 Å². The van der Waals surface area contributed by atoms with Crippen molar-refractivity contribution in [1.82, 2.24) is 0 Å². The van der Waals surface area contributed by atoms with Gasteiger partial charge in [0.15, 0.2) is 0 Å². The maximum atomic E-state index is 5.67. The molecule has 0 aromatic heterocycles. The summed E-state index contributed by atoms with van der Waals surface area (Å²) in [6.45, 7) is 3.22. The molecule has 0 radical (unpaired) electrons. The second kappa shape index (κ2) is 3.37. The Kier molecular flexibility index (Phi) is 2.40. The van der Waals surface area contributed by atoms with Crippen LogP contribution in [-0.4, -0.2) is 6.54 Å². The van der Waals surface area contributed by atoms with E-state index in [9.17, 15) is 0 Å². The van der Waals surface area contributed by atoms with Crippen LogP contribution in [0.1, 0.15) is 39.0 Å². The maximum Gasteiger partial charge on any atom is -0.00487 e. The monoisotopic (exact) mass is 167 g/mol. The molecule has 0 aromatic carbocycles. The van der Waals surface area contributed by atoms with Crippen molar-refractivity contribution in [2.45, 2.75) is 39.0 Å². The molecule has 0 saturated heterocycles. The first kappa shape index (κ1) is 8.55. The Morgan fingerprint density at radius 1 is 1.33 bits per heavy atom. The van der Waals surface area contributed by atoms with E-state index in [1.54, 1.807) is 0 Å². The van der Waals surface area contributed by atoms with Crippen LogP contribution in [0.4, 0.5) is 0 Å². The molecule has 2 saturated carbocycles. The standard InChI is InChI=1S/C11H21N/c1-8(7-12)10-6-11(10)9-4-2-3-5-9/h8-11H,2-7,12H2,1H3. The zero-order valence-electron chi connectivity index (χ0n) is 8.13. The highest BCUT2D eigenvalue weighted by Gasteiger charge is 2.45. The Morgan fingerprint density at radius 3 is 2.58 bits per heavy atom. The predicted octanol–water partition coefficient (Wildman–Crippen LogP) is 2.41. The maximum absolute atomic E-state index is 5.67. The number of rotatable bonds is 3. The van der Waals surface area contributed by atoms with Gasteiger partial charge in [-0.15, -0.1) is 0 Å². The first-order chi connectivity index (χ1) is 5.83. The van der Waals surface area contributed by atoms with E-state index >= 15 is 0 Å². The number of hydrogen-bond donors (Lipinski definition) is 1. The molecule has 0 spiro atoms. The van der Waals surface area contributed by atoms with Gasteiger partial charge in [-0.2, -0.15) is 0 Å². The van der Waals surface area contributed by atoms with E-state index in [0.717, 1.165) is 30.2 Å². The van der Waals surface area contributed by atoms with Crippen molar-refractivity contribution in [2.24, 2.45) is 29.4 Å². The molecule has 2 N–H and O–H groups in total. The Balaban J connectivity index is 1.78. The van der Waals surface area contributed by atoms with Gasteiger partial charge in [-0.1, -0.05) is 32.6 Å². The van der Waals surface area contributed by atoms with Crippen LogP contribution in [-0.2, 0) is 0 Å². The highest BCUT2D eigenvalue weighted by Crippen LogP contribution is 2.53. The van der Waals surface area contributed by atoms with Gasteiger partial charge in [0, 0.05) is 0 Å². The summed E-state index contributed by atoms with van der Waals surface area (Å²) in [6.07, 6.45) is 7.50. The van der Waals surface area contributed by atoms with E-state index in [1.807, 2.05) is 0 Å². The summed E-state index contributed by atoms with van der Waals surface area (Å²) in [6, 6.07) is 0. The fourth-order valence-corrected chi connectivity index (χ4v) is 2.99. The van der Waals surface area contributed by atoms with Gasteiger partial charge in [0.05, 0.1) is 0 Å². The molecule has 1 heteroatoms. The van der Waals surface area contributed by atoms with Crippen LogP contribution in [0.15, 0.2) is 0 Å². The second-order valence-electron chi connectivity index (χ2n) is 4.82. The summed E-state index contributed by atoms with van der Waals surface area (Å²) < 4.78 is 0. The van der Waals surface area contributed by atoms with Crippen LogP contribution in [0.25, 0.3) is 0 Å². The summed E-state index contributed by atoms with van der Waals surface area (Å²) in [5, 5.41) is 0. The van der Waals surface area contributed by atoms with Crippen molar-refractivity contribution in [3.8, 4) is 0 Å². The smallest absolute Gasteiger partial charge is 0.00487 e. The molecular weight excluding hydrogens is 146 g/mol. The molecule has 0 aliphatic heterocycles. The molecule has 1 nitrogen and oxygen atoms in total. The molecule has 70 valence electrons. The molecule has 12 heavy (non-hydrogen) atoms. The van der Waals surface area contributed by atoms with E-state index in [-0.39, 0.29) is 0 Å². The zero-order valence-corrected chi connectivity index (χ0v) is 8.13. The molecule has 0 aromatic rings. The molecule has 3 unspecified atom stereocenters. The first-order valence-corrected chi connectivity index (χ1v) is 5.53. The van der Waals surface area contributed by atoms with Crippen LogP contribution in [0.3, 0.4) is 0 Å². The van der Waals surface area contributed by atoms with E-state index in [4.69, 9.17) is 5.73 Å². The number of hydrogen-bond acceptors (Lipinski definition) is 1. The van der Waals surface area contributed by atoms with Gasteiger partial charge in [0.1, 0.15) is 0 Å². The van der Waals surface area contributed by atoms with E-state index in [1.165, 1.54) is 32.1 Å². The lowest BCUT2D eigenvalue weighted by Gasteiger charge is -2.11. The minimum absolute atomic E-state index is 0.788. The zero-order chi connectivity index (χ0) is 8.55. The quantitative estimate of drug-likeness (QED) is 0.686. The predicted molar refractivity (Wildman–Crippen MR) is 51.8 cm³/mol. The molecule has 0 heterocycles. The minimum Gasteiger partial charge on any atom is -0.330 e. The van der Waals surface area contributed by atoms with Gasteiger partial charge in [0.25, 0.3) is 0 Å². The fraction of sp³-hybridized carbons (Fsp3) is 1.00. The molecule has 0 amide bonds. The third-order valence-electron chi connectivity index (χ3n) is 4.00. The van der Waals surface area contributed by atoms with Gasteiger partial charge in [-0.25, -0.2) is 0 Å². The van der Waals surface area contributed by atoms with Gasteiger partial charge in [-0.05, 0) is 36.6 Å². The first-order valence-electron chi connectivity index (χ1n) is 5.53. The van der Waals surface area contributed by atoms with E-state index in [0.29, 0.717) is 0 Å². The van der Waals surface area contributed by atoms with E-state index < -0.39 is 0 Å². The third kappa shape index (κ3) is 1.52. The molecule has 2 aliphatic rings. The summed E-state index contributed by atoms with van der Waals surface area (Å²) in [7, 11) is 0.